The fourth-order valence-corrected chi connectivity index (χ4v) is 4.09. The Hall–Kier alpha value is -5.28. The van der Waals surface area contributed by atoms with Crippen molar-refractivity contribution in [3.05, 3.63) is 164 Å². The van der Waals surface area contributed by atoms with Crippen molar-refractivity contribution < 1.29 is 24.1 Å². The summed E-state index contributed by atoms with van der Waals surface area (Å²) in [5.41, 5.74) is 1.68. The van der Waals surface area contributed by atoms with Crippen molar-refractivity contribution in [3.8, 4) is 0 Å². The molecule has 0 radical (unpaired) electrons. The predicted molar refractivity (Wildman–Crippen MR) is 156 cm³/mol. The Morgan fingerprint density at radius 3 is 1.05 bits per heavy atom. The highest BCUT2D eigenvalue weighted by Crippen LogP contribution is 2.29. The van der Waals surface area contributed by atoms with E-state index in [1.54, 1.807) is 109 Å². The number of benzene rings is 4. The van der Waals surface area contributed by atoms with Gasteiger partial charge in [0, 0.05) is 11.1 Å². The maximum Gasteiger partial charge on any atom is 0.318 e. The molecule has 0 N–H and O–H groups in total. The van der Waals surface area contributed by atoms with Gasteiger partial charge in [0.1, 0.15) is 13.2 Å². The van der Waals surface area contributed by atoms with Crippen LogP contribution >= 0.6 is 0 Å². The Balaban J connectivity index is 1.43. The zero-order valence-electron chi connectivity index (χ0n) is 22.1. The van der Waals surface area contributed by atoms with E-state index in [2.05, 4.69) is 0 Å². The highest BCUT2D eigenvalue weighted by Gasteiger charge is 2.25. The molecule has 0 fully saturated rings. The molecule has 41 heavy (non-hydrogen) atoms. The summed E-state index contributed by atoms with van der Waals surface area (Å²) in [5.74, 6) is 0.267. The summed E-state index contributed by atoms with van der Waals surface area (Å²) < 4.78 is 17.5. The monoisotopic (exact) mass is 552 g/mol. The van der Waals surface area contributed by atoms with Gasteiger partial charge in [-0.15, -0.1) is 0 Å². The first-order chi connectivity index (χ1) is 20.1. The van der Waals surface area contributed by atoms with Crippen LogP contribution in [-0.4, -0.2) is 36.3 Å². The summed E-state index contributed by atoms with van der Waals surface area (Å²) in [6.07, 6.45) is 0. The highest BCUT2D eigenvalue weighted by molar-refractivity contribution is 5.84. The molecule has 0 spiro atoms. The van der Waals surface area contributed by atoms with Crippen LogP contribution in [0, 0.1) is 20.2 Å². The Labute approximate surface area is 237 Å². The first-order valence-corrected chi connectivity index (χ1v) is 12.9. The molecule has 9 nitrogen and oxygen atoms in total. The summed E-state index contributed by atoms with van der Waals surface area (Å²) >= 11 is 0. The molecule has 0 aliphatic heterocycles. The third-order valence-electron chi connectivity index (χ3n) is 5.91. The van der Waals surface area contributed by atoms with E-state index in [4.69, 9.17) is 14.2 Å². The average Bonchev–Trinajstić information content (AvgIpc) is 3.00. The van der Waals surface area contributed by atoms with E-state index < -0.39 is 9.85 Å². The minimum atomic E-state index is -0.455. The maximum atomic E-state index is 12.0. The molecule has 0 unspecified atom stereocenters. The van der Waals surface area contributed by atoms with Crippen molar-refractivity contribution in [2.24, 2.45) is 0 Å². The fourth-order valence-electron chi connectivity index (χ4n) is 4.09. The Morgan fingerprint density at radius 1 is 0.463 bits per heavy atom. The second-order valence-corrected chi connectivity index (χ2v) is 8.64. The van der Waals surface area contributed by atoms with Crippen molar-refractivity contribution in [1.29, 1.82) is 0 Å². The van der Waals surface area contributed by atoms with Crippen molar-refractivity contribution in [2.75, 3.05) is 26.4 Å². The highest BCUT2D eigenvalue weighted by atomic mass is 16.6. The van der Waals surface area contributed by atoms with E-state index in [-0.39, 0.29) is 49.3 Å². The van der Waals surface area contributed by atoms with Gasteiger partial charge in [0.25, 0.3) is 0 Å². The SMILES string of the molecule is O=[N+]([O-])C(=C(OCCOCCOC(=C(c1ccccc1)[N+](=O)[O-])c1ccccc1)c1ccccc1)c1ccccc1. The lowest BCUT2D eigenvalue weighted by atomic mass is 10.1. The molecule has 0 aliphatic rings. The van der Waals surface area contributed by atoms with Crippen LogP contribution < -0.4 is 0 Å². The van der Waals surface area contributed by atoms with Crippen LogP contribution in [0.3, 0.4) is 0 Å². The second-order valence-electron chi connectivity index (χ2n) is 8.64. The molecule has 0 amide bonds. The summed E-state index contributed by atoms with van der Waals surface area (Å²) in [5, 5.41) is 24.1. The average molecular weight is 553 g/mol. The molecular formula is C32H28N2O7. The lowest BCUT2D eigenvalue weighted by Crippen LogP contribution is -2.12. The van der Waals surface area contributed by atoms with Gasteiger partial charge in [0.2, 0.25) is 11.5 Å². The quantitative estimate of drug-likeness (QED) is 0.0566. The van der Waals surface area contributed by atoms with Gasteiger partial charge in [-0.2, -0.15) is 0 Å². The van der Waals surface area contributed by atoms with Crippen molar-refractivity contribution in [2.45, 2.75) is 0 Å². The topological polar surface area (TPSA) is 114 Å². The first kappa shape index (κ1) is 28.7. The number of ether oxygens (including phenoxy) is 3. The molecule has 4 aromatic rings. The molecule has 208 valence electrons. The van der Waals surface area contributed by atoms with Gasteiger partial charge in [-0.25, -0.2) is 0 Å². The molecule has 0 aliphatic carbocycles. The third-order valence-corrected chi connectivity index (χ3v) is 5.91. The molecular weight excluding hydrogens is 524 g/mol. The summed E-state index contributed by atoms with van der Waals surface area (Å²) in [7, 11) is 0. The van der Waals surface area contributed by atoms with Crippen LogP contribution in [0.1, 0.15) is 22.3 Å². The van der Waals surface area contributed by atoms with Crippen LogP contribution in [0.4, 0.5) is 0 Å². The van der Waals surface area contributed by atoms with Crippen LogP contribution in [-0.2, 0) is 14.2 Å². The zero-order chi connectivity index (χ0) is 28.9. The molecule has 0 heterocycles. The Bertz CT molecular complexity index is 1380. The van der Waals surface area contributed by atoms with E-state index in [0.717, 1.165) is 0 Å². The van der Waals surface area contributed by atoms with Crippen LogP contribution in [0.25, 0.3) is 22.9 Å². The second kappa shape index (κ2) is 14.8. The summed E-state index contributed by atoms with van der Waals surface area (Å²) in [6, 6.07) is 34.8. The molecule has 9 heteroatoms. The first-order valence-electron chi connectivity index (χ1n) is 12.9. The van der Waals surface area contributed by atoms with Crippen molar-refractivity contribution in [3.63, 3.8) is 0 Å². The van der Waals surface area contributed by atoms with E-state index in [9.17, 15) is 20.2 Å². The molecule has 0 saturated carbocycles. The lowest BCUT2D eigenvalue weighted by Gasteiger charge is -2.14. The van der Waals surface area contributed by atoms with Gasteiger partial charge >= 0.3 is 11.4 Å². The molecule has 0 saturated heterocycles. The van der Waals surface area contributed by atoms with Gasteiger partial charge in [-0.1, -0.05) is 97.1 Å². The number of nitrogens with zero attached hydrogens (tertiary/aromatic N) is 2. The van der Waals surface area contributed by atoms with Gasteiger partial charge in [-0.05, 0) is 24.3 Å². The van der Waals surface area contributed by atoms with Gasteiger partial charge < -0.3 is 14.2 Å². The molecule has 0 atom stereocenters. The zero-order valence-corrected chi connectivity index (χ0v) is 22.1. The van der Waals surface area contributed by atoms with Crippen molar-refractivity contribution in [1.82, 2.24) is 0 Å². The van der Waals surface area contributed by atoms with E-state index in [0.29, 0.717) is 22.3 Å². The van der Waals surface area contributed by atoms with Gasteiger partial charge in [-0.3, -0.25) is 20.2 Å². The Morgan fingerprint density at radius 2 is 0.756 bits per heavy atom. The molecule has 0 aromatic heterocycles. The predicted octanol–water partition coefficient (Wildman–Crippen LogP) is 6.64. The maximum absolute atomic E-state index is 12.0. The van der Waals surface area contributed by atoms with Gasteiger partial charge in [0.05, 0.1) is 34.2 Å². The van der Waals surface area contributed by atoms with Gasteiger partial charge in [0.15, 0.2) is 0 Å². The van der Waals surface area contributed by atoms with Crippen LogP contribution in [0.2, 0.25) is 0 Å². The lowest BCUT2D eigenvalue weighted by molar-refractivity contribution is -0.375. The van der Waals surface area contributed by atoms with Crippen LogP contribution in [0.15, 0.2) is 121 Å². The van der Waals surface area contributed by atoms with Crippen LogP contribution in [0.5, 0.6) is 0 Å². The van der Waals surface area contributed by atoms with E-state index >= 15 is 0 Å². The van der Waals surface area contributed by atoms with E-state index in [1.807, 2.05) is 12.1 Å². The standard InChI is InChI=1S/C32H28N2O7/c35-33(36)29(25-13-5-1-6-14-25)31(27-17-9-3-10-18-27)40-23-21-39-22-24-41-32(28-19-11-4-12-20-28)30(34(37)38)26-15-7-2-8-16-26/h1-20H,21-24H2. The summed E-state index contributed by atoms with van der Waals surface area (Å²) in [4.78, 5) is 23.2. The van der Waals surface area contributed by atoms with E-state index in [1.165, 1.54) is 0 Å². The number of hydrogen-bond acceptors (Lipinski definition) is 7. The molecule has 4 rings (SSSR count). The number of rotatable bonds is 14. The smallest absolute Gasteiger partial charge is 0.318 e. The minimum Gasteiger partial charge on any atom is -0.484 e. The Kier molecular flexibility index (Phi) is 10.3. The van der Waals surface area contributed by atoms with Crippen molar-refractivity contribution >= 4 is 22.9 Å². The fraction of sp³-hybridized carbons (Fsp3) is 0.125. The third kappa shape index (κ3) is 7.87. The largest absolute Gasteiger partial charge is 0.484 e. The molecule has 0 bridgehead atoms. The number of nitro groups is 2. The number of hydrogen-bond donors (Lipinski definition) is 0. The summed E-state index contributed by atoms with van der Waals surface area (Å²) in [6.45, 7) is 0.315. The normalized spacial score (nSPS) is 12.1. The molecule has 4 aromatic carbocycles. The minimum absolute atomic E-state index is 0.0416.